The number of hydrogen-bond acceptors (Lipinski definition) is 3. The van der Waals surface area contributed by atoms with Crippen LogP contribution < -0.4 is 5.32 Å². The van der Waals surface area contributed by atoms with Gasteiger partial charge in [0.15, 0.2) is 5.96 Å². The number of carbonyl (C=O) groups is 1. The summed E-state index contributed by atoms with van der Waals surface area (Å²) >= 11 is 0. The molecule has 1 aliphatic rings. The minimum absolute atomic E-state index is 0.0691. The maximum Gasteiger partial charge on any atom is 0.310 e. The van der Waals surface area contributed by atoms with E-state index in [2.05, 4.69) is 38.4 Å². The average molecular weight is 342 g/mol. The highest BCUT2D eigenvalue weighted by Crippen LogP contribution is 2.18. The second kappa shape index (κ2) is 8.05. The van der Waals surface area contributed by atoms with Gasteiger partial charge in [-0.1, -0.05) is 18.2 Å². The molecule has 0 bridgehead atoms. The summed E-state index contributed by atoms with van der Waals surface area (Å²) in [5.74, 6) is 0.659. The third kappa shape index (κ3) is 4.13. The summed E-state index contributed by atoms with van der Waals surface area (Å²) in [6.07, 6.45) is 1.85. The van der Waals surface area contributed by atoms with Gasteiger partial charge in [0.25, 0.3) is 0 Å². The fourth-order valence-electron chi connectivity index (χ4n) is 3.36. The van der Waals surface area contributed by atoms with Gasteiger partial charge in [-0.2, -0.15) is 0 Å². The number of nitrogens with one attached hydrogen (secondary N) is 2. The lowest BCUT2D eigenvalue weighted by Crippen LogP contribution is -2.48. The van der Waals surface area contributed by atoms with Gasteiger partial charge in [0.05, 0.1) is 19.1 Å². The molecule has 2 N–H and O–H groups in total. The van der Waals surface area contributed by atoms with Crippen molar-refractivity contribution in [2.24, 2.45) is 10.9 Å². The van der Waals surface area contributed by atoms with Crippen molar-refractivity contribution in [1.82, 2.24) is 15.2 Å². The quantitative estimate of drug-likeness (QED) is 0.509. The number of likely N-dealkylation sites (tertiary alicyclic amines) is 1. The van der Waals surface area contributed by atoms with Crippen LogP contribution in [0.5, 0.6) is 0 Å². The number of aliphatic imine (C=N–C) groups is 1. The summed E-state index contributed by atoms with van der Waals surface area (Å²) in [7, 11) is 1.78. The number of hydrogen-bond donors (Lipinski definition) is 2. The third-order valence-electron chi connectivity index (χ3n) is 4.58. The molecule has 2 aromatic rings. The number of esters is 1. The van der Waals surface area contributed by atoms with Gasteiger partial charge in [0, 0.05) is 31.3 Å². The molecule has 1 atom stereocenters. The lowest BCUT2D eigenvalue weighted by molar-refractivity contribution is -0.149. The largest absolute Gasteiger partial charge is 0.466 e. The minimum atomic E-state index is -0.0988. The van der Waals surface area contributed by atoms with E-state index in [1.807, 2.05) is 19.1 Å². The highest BCUT2D eigenvalue weighted by molar-refractivity contribution is 5.82. The van der Waals surface area contributed by atoms with Gasteiger partial charge < -0.3 is 19.9 Å². The van der Waals surface area contributed by atoms with Crippen LogP contribution in [0.4, 0.5) is 0 Å². The molecule has 6 heteroatoms. The maximum absolute atomic E-state index is 12.0. The molecule has 1 aromatic carbocycles. The number of carbonyl (C=O) groups excluding carboxylic acids is 1. The fraction of sp³-hybridized carbons (Fsp3) is 0.474. The highest BCUT2D eigenvalue weighted by Gasteiger charge is 2.28. The van der Waals surface area contributed by atoms with Crippen molar-refractivity contribution >= 4 is 22.8 Å². The Morgan fingerprint density at radius 2 is 2.28 bits per heavy atom. The van der Waals surface area contributed by atoms with E-state index in [1.54, 1.807) is 7.05 Å². The first kappa shape index (κ1) is 17.3. The smallest absolute Gasteiger partial charge is 0.310 e. The normalized spacial score (nSPS) is 18.4. The number of benzene rings is 1. The van der Waals surface area contributed by atoms with Gasteiger partial charge in [-0.05, 0) is 37.3 Å². The van der Waals surface area contributed by atoms with Crippen LogP contribution in [0.3, 0.4) is 0 Å². The third-order valence-corrected chi connectivity index (χ3v) is 4.58. The fourth-order valence-corrected chi connectivity index (χ4v) is 3.36. The Balaban J connectivity index is 1.61. The number of guanidine groups is 1. The van der Waals surface area contributed by atoms with Crippen LogP contribution in [0.2, 0.25) is 0 Å². The van der Waals surface area contributed by atoms with Crippen molar-refractivity contribution in [3.63, 3.8) is 0 Å². The molecular weight excluding hydrogens is 316 g/mol. The van der Waals surface area contributed by atoms with E-state index in [1.165, 1.54) is 5.39 Å². The monoisotopic (exact) mass is 342 g/mol. The number of para-hydroxylation sites is 1. The number of nitrogens with zero attached hydrogens (tertiary/aromatic N) is 2. The van der Waals surface area contributed by atoms with Crippen molar-refractivity contribution in [3.8, 4) is 0 Å². The number of piperidine rings is 1. The van der Waals surface area contributed by atoms with Crippen LogP contribution in [-0.4, -0.2) is 48.6 Å². The minimum Gasteiger partial charge on any atom is -0.466 e. The van der Waals surface area contributed by atoms with E-state index in [-0.39, 0.29) is 11.9 Å². The summed E-state index contributed by atoms with van der Waals surface area (Å²) in [5, 5.41) is 4.60. The van der Waals surface area contributed by atoms with Gasteiger partial charge in [-0.15, -0.1) is 0 Å². The zero-order valence-electron chi connectivity index (χ0n) is 14.9. The Morgan fingerprint density at radius 1 is 1.44 bits per heavy atom. The lowest BCUT2D eigenvalue weighted by atomic mass is 9.98. The molecule has 0 aliphatic carbocycles. The van der Waals surface area contributed by atoms with Crippen LogP contribution in [0.1, 0.15) is 25.5 Å². The van der Waals surface area contributed by atoms with Crippen molar-refractivity contribution in [2.45, 2.75) is 26.3 Å². The van der Waals surface area contributed by atoms with Crippen molar-refractivity contribution in [1.29, 1.82) is 0 Å². The van der Waals surface area contributed by atoms with Gasteiger partial charge >= 0.3 is 5.97 Å². The Hall–Kier alpha value is -2.50. The van der Waals surface area contributed by atoms with E-state index in [0.717, 1.165) is 36.6 Å². The predicted octanol–water partition coefficient (Wildman–Crippen LogP) is 2.52. The molecule has 1 saturated heterocycles. The number of ether oxygens (including phenoxy) is 1. The first-order valence-corrected chi connectivity index (χ1v) is 8.90. The van der Waals surface area contributed by atoms with E-state index < -0.39 is 0 Å². The second-order valence-corrected chi connectivity index (χ2v) is 6.32. The summed E-state index contributed by atoms with van der Waals surface area (Å²) in [5.41, 5.74) is 2.25. The van der Waals surface area contributed by atoms with Crippen LogP contribution in [0.15, 0.2) is 35.3 Å². The zero-order valence-corrected chi connectivity index (χ0v) is 14.9. The van der Waals surface area contributed by atoms with Crippen molar-refractivity contribution in [3.05, 3.63) is 36.0 Å². The molecule has 0 amide bonds. The topological polar surface area (TPSA) is 69.7 Å². The van der Waals surface area contributed by atoms with Crippen LogP contribution in [0, 0.1) is 5.92 Å². The predicted molar refractivity (Wildman–Crippen MR) is 99.4 cm³/mol. The second-order valence-electron chi connectivity index (χ2n) is 6.32. The number of rotatable bonds is 4. The lowest BCUT2D eigenvalue weighted by Gasteiger charge is -2.33. The molecule has 2 heterocycles. The van der Waals surface area contributed by atoms with Crippen molar-refractivity contribution in [2.75, 3.05) is 26.7 Å². The van der Waals surface area contributed by atoms with E-state index in [4.69, 9.17) is 4.74 Å². The summed E-state index contributed by atoms with van der Waals surface area (Å²) < 4.78 is 5.18. The molecule has 1 fully saturated rings. The first-order valence-electron chi connectivity index (χ1n) is 8.90. The Kier molecular flexibility index (Phi) is 5.58. The number of aromatic nitrogens is 1. The first-order chi connectivity index (χ1) is 12.2. The van der Waals surface area contributed by atoms with Gasteiger partial charge in [-0.25, -0.2) is 0 Å². The molecule has 1 aliphatic heterocycles. The molecule has 1 aromatic heterocycles. The SMILES string of the molecule is CCOC(=O)C1CCCN(C(=NC)NCc2cc3ccccc3[nH]2)C1. The van der Waals surface area contributed by atoms with Gasteiger partial charge in [0.2, 0.25) is 0 Å². The highest BCUT2D eigenvalue weighted by atomic mass is 16.5. The standard InChI is InChI=1S/C19H26N4O2/c1-3-25-18(24)15-8-6-10-23(13-15)19(20-2)21-12-16-11-14-7-4-5-9-17(14)22-16/h4-5,7,9,11,15,22H,3,6,8,10,12-13H2,1-2H3,(H,20,21). The van der Waals surface area contributed by atoms with E-state index in [0.29, 0.717) is 19.7 Å². The van der Waals surface area contributed by atoms with Gasteiger partial charge in [-0.3, -0.25) is 9.79 Å². The molecule has 6 nitrogen and oxygen atoms in total. The molecule has 0 radical (unpaired) electrons. The van der Waals surface area contributed by atoms with Crippen LogP contribution >= 0.6 is 0 Å². The number of fused-ring (bicyclic) bond motifs is 1. The molecule has 0 saturated carbocycles. The Bertz CT molecular complexity index is 720. The van der Waals surface area contributed by atoms with E-state index >= 15 is 0 Å². The van der Waals surface area contributed by atoms with Crippen LogP contribution in [-0.2, 0) is 16.1 Å². The number of H-pyrrole nitrogens is 1. The average Bonchev–Trinajstić information content (AvgIpc) is 3.05. The summed E-state index contributed by atoms with van der Waals surface area (Å²) in [6.45, 7) is 4.51. The van der Waals surface area contributed by atoms with Gasteiger partial charge in [0.1, 0.15) is 0 Å². The maximum atomic E-state index is 12.0. The molecule has 134 valence electrons. The number of aromatic amines is 1. The molecule has 3 rings (SSSR count). The van der Waals surface area contributed by atoms with Crippen LogP contribution in [0.25, 0.3) is 10.9 Å². The molecule has 25 heavy (non-hydrogen) atoms. The zero-order chi connectivity index (χ0) is 17.6. The molecular formula is C19H26N4O2. The van der Waals surface area contributed by atoms with E-state index in [9.17, 15) is 4.79 Å². The Labute approximate surface area is 148 Å². The molecule has 0 spiro atoms. The Morgan fingerprint density at radius 3 is 3.04 bits per heavy atom. The summed E-state index contributed by atoms with van der Waals surface area (Å²) in [6, 6.07) is 10.4. The molecule has 1 unspecified atom stereocenters. The van der Waals surface area contributed by atoms with Crippen molar-refractivity contribution < 1.29 is 9.53 Å². The summed E-state index contributed by atoms with van der Waals surface area (Å²) in [4.78, 5) is 22.0.